The van der Waals surface area contributed by atoms with Crippen LogP contribution >= 0.6 is 0 Å². The Labute approximate surface area is 106 Å². The molecule has 0 fully saturated rings. The monoisotopic (exact) mass is 252 g/mol. The van der Waals surface area contributed by atoms with E-state index in [9.17, 15) is 18.0 Å². The van der Waals surface area contributed by atoms with Crippen molar-refractivity contribution in [1.82, 2.24) is 0 Å². The van der Waals surface area contributed by atoms with Gasteiger partial charge in [-0.15, -0.1) is 0 Å². The van der Waals surface area contributed by atoms with E-state index in [4.69, 9.17) is 10.2 Å². The van der Waals surface area contributed by atoms with E-state index in [1.807, 2.05) is 0 Å². The number of aromatic carboxylic acids is 2. The van der Waals surface area contributed by atoms with Crippen molar-refractivity contribution in [2.75, 3.05) is 0 Å². The molecule has 1 rings (SSSR count). The van der Waals surface area contributed by atoms with Crippen LogP contribution in [0.5, 0.6) is 0 Å². The molecule has 0 radical (unpaired) electrons. The van der Waals surface area contributed by atoms with Gasteiger partial charge in [0.15, 0.2) is 0 Å². The normalized spacial score (nSPS) is 11.1. The van der Waals surface area contributed by atoms with Crippen LogP contribution in [0, 0.1) is 0 Å². The molecule has 6 nitrogen and oxygen atoms in total. The first-order valence-corrected chi connectivity index (χ1v) is 8.37. The predicted octanol–water partition coefficient (Wildman–Crippen LogP) is -0.0598. The van der Waals surface area contributed by atoms with Gasteiger partial charge < -0.3 is 0 Å². The maximum absolute atomic E-state index is 11.3. The maximum atomic E-state index is 11.3. The van der Waals surface area contributed by atoms with Gasteiger partial charge in [-0.25, -0.2) is 0 Å². The van der Waals surface area contributed by atoms with Crippen LogP contribution in [0.3, 0.4) is 0 Å². The van der Waals surface area contributed by atoms with Crippen molar-refractivity contribution in [3.05, 3.63) is 29.3 Å². The molecule has 0 aliphatic heterocycles. The van der Waals surface area contributed by atoms with E-state index in [1.54, 1.807) is 0 Å². The summed E-state index contributed by atoms with van der Waals surface area (Å²) in [4.78, 5) is 21.1. The Morgan fingerprint density at radius 3 is 1.62 bits per heavy atom. The first-order valence-electron chi connectivity index (χ1n) is 4.03. The van der Waals surface area contributed by atoms with Crippen LogP contribution < -0.4 is 0 Å². The summed E-state index contributed by atoms with van der Waals surface area (Å²) in [6.07, 6.45) is 0. The topological polar surface area (TPSA) is 109 Å². The van der Waals surface area contributed by atoms with Crippen LogP contribution in [0.25, 0.3) is 0 Å². The average molecular weight is 252 g/mol. The third-order valence-corrected chi connectivity index (χ3v) is 4.33. The van der Waals surface area contributed by atoms with E-state index in [2.05, 4.69) is 0 Å². The first kappa shape index (κ1) is 13.2. The van der Waals surface area contributed by atoms with E-state index >= 15 is 0 Å². The molecule has 2 N–H and O–H groups in total. The first-order chi connectivity index (χ1) is 7.21. The van der Waals surface area contributed by atoms with E-state index in [0.29, 0.717) is 0 Å². The fourth-order valence-electron chi connectivity index (χ4n) is 1.06. The Morgan fingerprint density at radius 2 is 1.38 bits per heavy atom. The van der Waals surface area contributed by atoms with Crippen molar-refractivity contribution >= 4 is 44.3 Å². The summed E-state index contributed by atoms with van der Waals surface area (Å²) >= 11 is -0.211. The molecule has 0 aliphatic carbocycles. The fraction of sp³-hybridized carbons (Fsp3) is 0. The minimum atomic E-state index is -3.50. The Morgan fingerprint density at radius 1 is 1.00 bits per heavy atom. The Kier molecular flexibility index (Phi) is 3.74. The van der Waals surface area contributed by atoms with E-state index < -0.39 is 17.9 Å². The second-order valence-corrected chi connectivity index (χ2v) is 8.37. The third-order valence-electron chi connectivity index (χ3n) is 1.83. The zero-order valence-electron chi connectivity index (χ0n) is 8.17. The van der Waals surface area contributed by atoms with Crippen LogP contribution in [-0.2, 0) is 5.96 Å². The Bertz CT molecular complexity index is 530. The van der Waals surface area contributed by atoms with Crippen LogP contribution in [-0.4, -0.2) is 56.9 Å². The SMILES string of the molecule is O=C(O)c1cc(C(=O)O)cc([S](=O)(=O)[Na])c1. The van der Waals surface area contributed by atoms with Crippen molar-refractivity contribution < 1.29 is 28.2 Å². The molecular weight excluding hydrogens is 247 g/mol. The van der Waals surface area contributed by atoms with Crippen molar-refractivity contribution in [1.29, 1.82) is 0 Å². The summed E-state index contributed by atoms with van der Waals surface area (Å²) < 4.78 is 22.5. The summed E-state index contributed by atoms with van der Waals surface area (Å²) in [6.45, 7) is 0. The molecule has 1 aromatic carbocycles. The van der Waals surface area contributed by atoms with Gasteiger partial charge in [-0.1, -0.05) is 0 Å². The van der Waals surface area contributed by atoms with Gasteiger partial charge in [0, 0.05) is 0 Å². The van der Waals surface area contributed by atoms with Crippen LogP contribution in [0.4, 0.5) is 0 Å². The standard InChI is InChI=1S/C8H5O6S.Na/c9-7(10)4-1-5(8(11)12)3-6(2-4)15(13)14;/h1-3H,(H,9,10)(H,11,12);. The molecule has 0 heterocycles. The predicted molar refractivity (Wildman–Crippen MR) is 53.3 cm³/mol. The summed E-state index contributed by atoms with van der Waals surface area (Å²) in [7, 11) is 0. The molecule has 0 bridgehead atoms. The van der Waals surface area contributed by atoms with Crippen molar-refractivity contribution in [3.63, 3.8) is 0 Å². The number of hydrogen-bond donors (Lipinski definition) is 2. The van der Waals surface area contributed by atoms with Crippen molar-refractivity contribution in [3.8, 4) is 0 Å². The summed E-state index contributed by atoms with van der Waals surface area (Å²) in [5, 5.41) is 17.4. The molecule has 16 heavy (non-hydrogen) atoms. The molecule has 0 unspecified atom stereocenters. The Hall–Kier alpha value is -0.890. The Balaban J connectivity index is 3.54. The molecule has 1 aromatic rings. The van der Waals surface area contributed by atoms with Crippen LogP contribution in [0.15, 0.2) is 23.1 Å². The van der Waals surface area contributed by atoms with Gasteiger partial charge in [-0.05, 0) is 0 Å². The van der Waals surface area contributed by atoms with Crippen LogP contribution in [0.2, 0.25) is 0 Å². The fourth-order valence-corrected chi connectivity index (χ4v) is 2.45. The molecule has 0 saturated heterocycles. The van der Waals surface area contributed by atoms with Gasteiger partial charge in [0.2, 0.25) is 0 Å². The van der Waals surface area contributed by atoms with E-state index in [0.717, 1.165) is 18.2 Å². The molecule has 80 valence electrons. The van der Waals surface area contributed by atoms with Crippen molar-refractivity contribution in [2.45, 2.75) is 4.90 Å². The number of carboxylic acids is 2. The van der Waals surface area contributed by atoms with E-state index in [-0.39, 0.29) is 42.4 Å². The number of benzene rings is 1. The zero-order chi connectivity index (χ0) is 12.5. The quantitative estimate of drug-likeness (QED) is 0.729. The summed E-state index contributed by atoms with van der Waals surface area (Å²) in [5.74, 6) is -6.23. The number of hydrogen-bond acceptors (Lipinski definition) is 4. The van der Waals surface area contributed by atoms with Gasteiger partial charge in [0.05, 0.1) is 0 Å². The number of carbonyl (C=O) groups is 2. The van der Waals surface area contributed by atoms with Gasteiger partial charge in [0.25, 0.3) is 0 Å². The van der Waals surface area contributed by atoms with Gasteiger partial charge in [-0.3, -0.25) is 0 Å². The molecule has 0 amide bonds. The van der Waals surface area contributed by atoms with Gasteiger partial charge >= 0.3 is 107 Å². The molecule has 0 atom stereocenters. The van der Waals surface area contributed by atoms with Crippen LogP contribution in [0.1, 0.15) is 20.7 Å². The van der Waals surface area contributed by atoms with Crippen molar-refractivity contribution in [2.24, 2.45) is 0 Å². The second-order valence-electron chi connectivity index (χ2n) is 3.13. The second kappa shape index (κ2) is 4.54. The molecule has 0 spiro atoms. The average Bonchev–Trinajstić information content (AvgIpc) is 2.15. The van der Waals surface area contributed by atoms with Gasteiger partial charge in [-0.2, -0.15) is 0 Å². The molecule has 8 heteroatoms. The molecule has 0 saturated carbocycles. The number of carboxylic acid groups (broad SMARTS) is 2. The van der Waals surface area contributed by atoms with Gasteiger partial charge in [0.1, 0.15) is 0 Å². The molecule has 0 aliphatic rings. The minimum absolute atomic E-state index is 0.211. The third kappa shape index (κ3) is 3.05. The summed E-state index contributed by atoms with van der Waals surface area (Å²) in [5.41, 5.74) is -0.705. The summed E-state index contributed by atoms with van der Waals surface area (Å²) in [6, 6.07) is 2.83. The van der Waals surface area contributed by atoms with E-state index in [1.165, 1.54) is 0 Å². The molecule has 0 aromatic heterocycles. The zero-order valence-corrected chi connectivity index (χ0v) is 11.0. The molecular formula is C8H5NaO6S. The number of rotatable bonds is 3.